The molecule has 1 aromatic rings. The molecular formula is C15H22N2O3. The number of hydrogen-bond acceptors (Lipinski definition) is 4. The topological polar surface area (TPSA) is 62.7 Å². The zero-order valence-corrected chi connectivity index (χ0v) is 12.3. The molecule has 0 aromatic carbocycles. The van der Waals surface area contributed by atoms with Gasteiger partial charge in [0.1, 0.15) is 11.4 Å². The first-order valence-electron chi connectivity index (χ1n) is 6.98. The molecule has 20 heavy (non-hydrogen) atoms. The number of carbonyl (C=O) groups is 1. The molecule has 0 spiro atoms. The van der Waals surface area contributed by atoms with E-state index >= 15 is 0 Å². The first kappa shape index (κ1) is 14.8. The molecule has 1 aliphatic heterocycles. The van der Waals surface area contributed by atoms with Gasteiger partial charge >= 0.3 is 5.97 Å². The first-order valence-corrected chi connectivity index (χ1v) is 6.98. The maximum atomic E-state index is 11.5. The highest BCUT2D eigenvalue weighted by Gasteiger charge is 2.25. The molecule has 5 heteroatoms. The summed E-state index contributed by atoms with van der Waals surface area (Å²) in [5.41, 5.74) is 1.97. The van der Waals surface area contributed by atoms with Crippen LogP contribution < -0.4 is 4.90 Å². The molecule has 0 radical (unpaired) electrons. The third kappa shape index (κ3) is 3.10. The van der Waals surface area contributed by atoms with Crippen molar-refractivity contribution in [2.24, 2.45) is 5.92 Å². The molecule has 1 aromatic heterocycles. The highest BCUT2D eigenvalue weighted by molar-refractivity contribution is 5.95. The second-order valence-electron chi connectivity index (χ2n) is 5.47. The number of methoxy groups -OCH3 is 1. The number of aromatic carboxylic acids is 1. The Labute approximate surface area is 119 Å². The standard InChI is InChI=1S/C15H22N2O3/c1-10-8-11(2)16-14(13(10)15(18)19)17-6-4-12(5-7-17)9-20-3/h8,12H,4-7,9H2,1-3H3,(H,18,19). The lowest BCUT2D eigenvalue weighted by molar-refractivity contribution is 0.0696. The van der Waals surface area contributed by atoms with Gasteiger partial charge in [0.25, 0.3) is 0 Å². The molecule has 110 valence electrons. The number of anilines is 1. The number of carboxylic acid groups (broad SMARTS) is 1. The summed E-state index contributed by atoms with van der Waals surface area (Å²) in [5, 5.41) is 9.42. The van der Waals surface area contributed by atoms with Crippen molar-refractivity contribution in [2.75, 3.05) is 31.7 Å². The number of hydrogen-bond donors (Lipinski definition) is 1. The molecule has 1 aliphatic rings. The maximum Gasteiger partial charge on any atom is 0.339 e. The Balaban J connectivity index is 2.23. The van der Waals surface area contributed by atoms with Crippen LogP contribution in [-0.4, -0.2) is 42.9 Å². The molecule has 5 nitrogen and oxygen atoms in total. The lowest BCUT2D eigenvalue weighted by atomic mass is 9.97. The summed E-state index contributed by atoms with van der Waals surface area (Å²) in [5.74, 6) is 0.283. The molecule has 2 heterocycles. The normalized spacial score (nSPS) is 16.4. The molecule has 0 aliphatic carbocycles. The van der Waals surface area contributed by atoms with Gasteiger partial charge in [0.2, 0.25) is 0 Å². The Morgan fingerprint density at radius 3 is 2.65 bits per heavy atom. The number of aryl methyl sites for hydroxylation is 2. The third-order valence-corrected chi connectivity index (χ3v) is 3.86. The smallest absolute Gasteiger partial charge is 0.339 e. The molecule has 0 amide bonds. The molecular weight excluding hydrogens is 256 g/mol. The summed E-state index contributed by atoms with van der Waals surface area (Å²) in [6, 6.07) is 1.82. The summed E-state index contributed by atoms with van der Waals surface area (Å²) in [6.07, 6.45) is 2.03. The van der Waals surface area contributed by atoms with Crippen LogP contribution in [0.4, 0.5) is 5.82 Å². The van der Waals surface area contributed by atoms with Crippen molar-refractivity contribution in [2.45, 2.75) is 26.7 Å². The Bertz CT molecular complexity index is 494. The van der Waals surface area contributed by atoms with E-state index in [1.807, 2.05) is 19.9 Å². The van der Waals surface area contributed by atoms with Crippen LogP contribution in [0.2, 0.25) is 0 Å². The maximum absolute atomic E-state index is 11.5. The van der Waals surface area contributed by atoms with E-state index in [4.69, 9.17) is 4.74 Å². The number of carboxylic acids is 1. The van der Waals surface area contributed by atoms with Crippen molar-refractivity contribution in [3.8, 4) is 0 Å². The SMILES string of the molecule is COCC1CCN(c2nc(C)cc(C)c2C(=O)O)CC1. The number of rotatable bonds is 4. The average Bonchev–Trinajstić information content (AvgIpc) is 2.38. The fraction of sp³-hybridized carbons (Fsp3) is 0.600. The van der Waals surface area contributed by atoms with E-state index in [2.05, 4.69) is 9.88 Å². The summed E-state index contributed by atoms with van der Waals surface area (Å²) in [6.45, 7) is 6.19. The van der Waals surface area contributed by atoms with E-state index in [0.29, 0.717) is 17.3 Å². The van der Waals surface area contributed by atoms with Crippen molar-refractivity contribution in [1.29, 1.82) is 0 Å². The number of piperidine rings is 1. The molecule has 1 N–H and O–H groups in total. The Hall–Kier alpha value is -1.62. The average molecular weight is 278 g/mol. The molecule has 0 unspecified atom stereocenters. The molecule has 0 bridgehead atoms. The Kier molecular flexibility index (Phi) is 4.60. The summed E-state index contributed by atoms with van der Waals surface area (Å²) >= 11 is 0. The summed E-state index contributed by atoms with van der Waals surface area (Å²) < 4.78 is 5.19. The second-order valence-corrected chi connectivity index (χ2v) is 5.47. The summed E-state index contributed by atoms with van der Waals surface area (Å²) in [7, 11) is 1.72. The molecule has 1 saturated heterocycles. The van der Waals surface area contributed by atoms with Gasteiger partial charge in [-0.25, -0.2) is 9.78 Å². The van der Waals surface area contributed by atoms with Crippen molar-refractivity contribution < 1.29 is 14.6 Å². The van der Waals surface area contributed by atoms with Crippen LogP contribution in [0.25, 0.3) is 0 Å². The molecule has 1 fully saturated rings. The van der Waals surface area contributed by atoms with E-state index in [1.165, 1.54) is 0 Å². The quantitative estimate of drug-likeness (QED) is 0.915. The zero-order chi connectivity index (χ0) is 14.7. The number of ether oxygens (including phenoxy) is 1. The van der Waals surface area contributed by atoms with Crippen LogP contribution in [0, 0.1) is 19.8 Å². The van der Waals surface area contributed by atoms with Crippen LogP contribution in [0.15, 0.2) is 6.07 Å². The van der Waals surface area contributed by atoms with Gasteiger partial charge < -0.3 is 14.7 Å². The van der Waals surface area contributed by atoms with Gasteiger partial charge in [0, 0.05) is 32.5 Å². The van der Waals surface area contributed by atoms with Crippen LogP contribution in [0.3, 0.4) is 0 Å². The minimum Gasteiger partial charge on any atom is -0.478 e. The molecule has 2 rings (SSSR count). The fourth-order valence-corrected chi connectivity index (χ4v) is 2.86. The third-order valence-electron chi connectivity index (χ3n) is 3.86. The lowest BCUT2D eigenvalue weighted by Crippen LogP contribution is -2.36. The van der Waals surface area contributed by atoms with Crippen LogP contribution in [0.5, 0.6) is 0 Å². The zero-order valence-electron chi connectivity index (χ0n) is 12.3. The van der Waals surface area contributed by atoms with E-state index in [-0.39, 0.29) is 0 Å². The van der Waals surface area contributed by atoms with Gasteiger partial charge in [0.05, 0.1) is 0 Å². The van der Waals surface area contributed by atoms with Crippen LogP contribution in [-0.2, 0) is 4.74 Å². The van der Waals surface area contributed by atoms with Crippen LogP contribution >= 0.6 is 0 Å². The number of nitrogens with zero attached hydrogens (tertiary/aromatic N) is 2. The van der Waals surface area contributed by atoms with Gasteiger partial charge in [-0.15, -0.1) is 0 Å². The van der Waals surface area contributed by atoms with E-state index in [9.17, 15) is 9.90 Å². The van der Waals surface area contributed by atoms with Gasteiger partial charge in [-0.1, -0.05) is 0 Å². The monoisotopic (exact) mass is 278 g/mol. The van der Waals surface area contributed by atoms with Crippen molar-refractivity contribution in [3.63, 3.8) is 0 Å². The molecule has 0 atom stereocenters. The van der Waals surface area contributed by atoms with Gasteiger partial charge in [-0.05, 0) is 44.2 Å². The van der Waals surface area contributed by atoms with Gasteiger partial charge in [0.15, 0.2) is 0 Å². The van der Waals surface area contributed by atoms with E-state index < -0.39 is 5.97 Å². The molecule has 0 saturated carbocycles. The van der Waals surface area contributed by atoms with Gasteiger partial charge in [-0.2, -0.15) is 0 Å². The minimum atomic E-state index is -0.899. The highest BCUT2D eigenvalue weighted by atomic mass is 16.5. The predicted molar refractivity (Wildman–Crippen MR) is 77.5 cm³/mol. The predicted octanol–water partition coefficient (Wildman–Crippen LogP) is 2.26. The lowest BCUT2D eigenvalue weighted by Gasteiger charge is -2.33. The Morgan fingerprint density at radius 2 is 2.10 bits per heavy atom. The summed E-state index contributed by atoms with van der Waals surface area (Å²) in [4.78, 5) is 18.0. The Morgan fingerprint density at radius 1 is 1.45 bits per heavy atom. The highest BCUT2D eigenvalue weighted by Crippen LogP contribution is 2.27. The minimum absolute atomic E-state index is 0.334. The first-order chi connectivity index (χ1) is 9.52. The fourth-order valence-electron chi connectivity index (χ4n) is 2.86. The number of aromatic nitrogens is 1. The van der Waals surface area contributed by atoms with E-state index in [0.717, 1.165) is 43.8 Å². The van der Waals surface area contributed by atoms with Gasteiger partial charge in [-0.3, -0.25) is 0 Å². The van der Waals surface area contributed by atoms with Crippen molar-refractivity contribution in [1.82, 2.24) is 4.98 Å². The largest absolute Gasteiger partial charge is 0.478 e. The van der Waals surface area contributed by atoms with Crippen LogP contribution in [0.1, 0.15) is 34.5 Å². The van der Waals surface area contributed by atoms with Crippen molar-refractivity contribution in [3.05, 3.63) is 22.9 Å². The number of pyridine rings is 1. The van der Waals surface area contributed by atoms with E-state index in [1.54, 1.807) is 7.11 Å². The van der Waals surface area contributed by atoms with Crippen molar-refractivity contribution >= 4 is 11.8 Å². The second kappa shape index (κ2) is 6.22.